The van der Waals surface area contributed by atoms with Gasteiger partial charge in [0.15, 0.2) is 0 Å². The van der Waals surface area contributed by atoms with Crippen LogP contribution in [0.3, 0.4) is 0 Å². The standard InChI is InChI=1S/C19H34N2S/c1-4-20(5-2)15(3)14-21-16-10-6-8-12-18(16)22-19-13-9-7-11-17(19)21/h15-16,18H,4-14H2,1-3H3. The minimum atomic E-state index is 0.677. The molecule has 0 aromatic carbocycles. The van der Waals surface area contributed by atoms with Gasteiger partial charge in [0.05, 0.1) is 0 Å². The molecule has 3 unspecified atom stereocenters. The van der Waals surface area contributed by atoms with Gasteiger partial charge in [-0.25, -0.2) is 0 Å². The van der Waals surface area contributed by atoms with Gasteiger partial charge in [-0.1, -0.05) is 26.7 Å². The van der Waals surface area contributed by atoms with Crippen molar-refractivity contribution in [1.29, 1.82) is 0 Å². The fraction of sp³-hybridized carbons (Fsp3) is 0.895. The smallest absolute Gasteiger partial charge is 0.0410 e. The zero-order chi connectivity index (χ0) is 15.5. The molecule has 1 saturated carbocycles. The fourth-order valence-corrected chi connectivity index (χ4v) is 6.45. The Balaban J connectivity index is 1.80. The first kappa shape index (κ1) is 16.7. The Morgan fingerprint density at radius 1 is 1.09 bits per heavy atom. The van der Waals surface area contributed by atoms with Crippen LogP contribution in [0.4, 0.5) is 0 Å². The third-order valence-corrected chi connectivity index (χ3v) is 7.57. The number of hydrogen-bond acceptors (Lipinski definition) is 3. The average Bonchev–Trinajstić information content (AvgIpc) is 2.55. The lowest BCUT2D eigenvalue weighted by Crippen LogP contribution is -2.52. The molecule has 0 aromatic rings. The van der Waals surface area contributed by atoms with Crippen LogP contribution in [0.5, 0.6) is 0 Å². The van der Waals surface area contributed by atoms with Crippen LogP contribution in [0.25, 0.3) is 0 Å². The molecule has 1 heterocycles. The van der Waals surface area contributed by atoms with Crippen LogP contribution in [0.1, 0.15) is 72.1 Å². The maximum atomic E-state index is 2.89. The van der Waals surface area contributed by atoms with Gasteiger partial charge in [-0.2, -0.15) is 0 Å². The quantitative estimate of drug-likeness (QED) is 0.713. The lowest BCUT2D eigenvalue weighted by atomic mass is 9.90. The first-order valence-electron chi connectivity index (χ1n) is 9.64. The van der Waals surface area contributed by atoms with Crippen LogP contribution in [0.15, 0.2) is 10.6 Å². The number of rotatable bonds is 5. The van der Waals surface area contributed by atoms with Gasteiger partial charge in [0.1, 0.15) is 0 Å². The highest BCUT2D eigenvalue weighted by atomic mass is 32.2. The van der Waals surface area contributed by atoms with E-state index in [9.17, 15) is 0 Å². The molecule has 0 bridgehead atoms. The molecule has 3 heteroatoms. The van der Waals surface area contributed by atoms with Gasteiger partial charge in [-0.3, -0.25) is 4.90 Å². The number of thioether (sulfide) groups is 1. The lowest BCUT2D eigenvalue weighted by molar-refractivity contribution is 0.128. The van der Waals surface area contributed by atoms with Crippen molar-refractivity contribution in [1.82, 2.24) is 9.80 Å². The number of likely N-dealkylation sites (N-methyl/N-ethyl adjacent to an activating group) is 1. The average molecular weight is 323 g/mol. The van der Waals surface area contributed by atoms with E-state index in [0.29, 0.717) is 6.04 Å². The van der Waals surface area contributed by atoms with Gasteiger partial charge in [-0.05, 0) is 58.5 Å². The molecule has 0 saturated heterocycles. The summed E-state index contributed by atoms with van der Waals surface area (Å²) in [6.07, 6.45) is 11.3. The van der Waals surface area contributed by atoms with Gasteiger partial charge >= 0.3 is 0 Å². The lowest BCUT2D eigenvalue weighted by Gasteiger charge is -2.49. The molecule has 126 valence electrons. The minimum Gasteiger partial charge on any atom is -0.369 e. The van der Waals surface area contributed by atoms with E-state index < -0.39 is 0 Å². The van der Waals surface area contributed by atoms with E-state index in [4.69, 9.17) is 0 Å². The van der Waals surface area contributed by atoms with E-state index >= 15 is 0 Å². The second-order valence-corrected chi connectivity index (χ2v) is 8.64. The largest absolute Gasteiger partial charge is 0.369 e. The molecule has 1 aliphatic heterocycles. The van der Waals surface area contributed by atoms with Crippen LogP contribution in [0, 0.1) is 0 Å². The fourth-order valence-electron chi connectivity index (χ4n) is 4.74. The van der Waals surface area contributed by atoms with Crippen molar-refractivity contribution in [3.05, 3.63) is 10.6 Å². The number of allylic oxidation sites excluding steroid dienone is 2. The van der Waals surface area contributed by atoms with Crippen LogP contribution >= 0.6 is 11.8 Å². The van der Waals surface area contributed by atoms with Gasteiger partial charge < -0.3 is 4.90 Å². The molecule has 1 fully saturated rings. The highest BCUT2D eigenvalue weighted by Crippen LogP contribution is 2.47. The number of hydrogen-bond donors (Lipinski definition) is 0. The topological polar surface area (TPSA) is 6.48 Å². The Morgan fingerprint density at radius 2 is 1.82 bits per heavy atom. The molecule has 22 heavy (non-hydrogen) atoms. The maximum Gasteiger partial charge on any atom is 0.0410 e. The van der Waals surface area contributed by atoms with Crippen molar-refractivity contribution < 1.29 is 0 Å². The first-order chi connectivity index (χ1) is 10.7. The van der Waals surface area contributed by atoms with Crippen molar-refractivity contribution in [2.75, 3.05) is 19.6 Å². The Morgan fingerprint density at radius 3 is 2.59 bits per heavy atom. The van der Waals surface area contributed by atoms with Crippen LogP contribution in [0.2, 0.25) is 0 Å². The summed E-state index contributed by atoms with van der Waals surface area (Å²) in [6, 6.07) is 1.50. The third-order valence-electron chi connectivity index (χ3n) is 5.99. The monoisotopic (exact) mass is 322 g/mol. The summed E-state index contributed by atoms with van der Waals surface area (Å²) in [5.74, 6) is 0. The predicted molar refractivity (Wildman–Crippen MR) is 98.2 cm³/mol. The number of nitrogens with zero attached hydrogens (tertiary/aromatic N) is 2. The van der Waals surface area contributed by atoms with Crippen LogP contribution < -0.4 is 0 Å². The second-order valence-electron chi connectivity index (χ2n) is 7.31. The SMILES string of the molecule is CCN(CC)C(C)CN1C2=C(CCCC2)SC2CCCCC21. The Bertz CT molecular complexity index is 402. The van der Waals surface area contributed by atoms with Crippen molar-refractivity contribution in [3.63, 3.8) is 0 Å². The van der Waals surface area contributed by atoms with E-state index in [0.717, 1.165) is 11.3 Å². The highest BCUT2D eigenvalue weighted by molar-refractivity contribution is 8.03. The van der Waals surface area contributed by atoms with Crippen molar-refractivity contribution in [2.24, 2.45) is 0 Å². The minimum absolute atomic E-state index is 0.677. The summed E-state index contributed by atoms with van der Waals surface area (Å²) in [7, 11) is 0. The van der Waals surface area contributed by atoms with E-state index in [1.807, 2.05) is 0 Å². The molecular formula is C19H34N2S. The zero-order valence-electron chi connectivity index (χ0n) is 14.8. The van der Waals surface area contributed by atoms with Crippen molar-refractivity contribution in [3.8, 4) is 0 Å². The summed E-state index contributed by atoms with van der Waals surface area (Å²) >= 11 is 2.27. The molecule has 0 aromatic heterocycles. The Kier molecular flexibility index (Phi) is 5.78. The summed E-state index contributed by atoms with van der Waals surface area (Å²) in [4.78, 5) is 7.28. The summed E-state index contributed by atoms with van der Waals surface area (Å²) in [5, 5.41) is 0.884. The molecule has 2 nitrogen and oxygen atoms in total. The normalized spacial score (nSPS) is 30.3. The molecule has 2 aliphatic carbocycles. The molecular weight excluding hydrogens is 288 g/mol. The Hall–Kier alpha value is -0.150. The predicted octanol–water partition coefficient (Wildman–Crippen LogP) is 4.86. The second kappa shape index (κ2) is 7.61. The van der Waals surface area contributed by atoms with E-state index in [1.54, 1.807) is 10.6 Å². The molecule has 0 amide bonds. The van der Waals surface area contributed by atoms with Gasteiger partial charge in [0.2, 0.25) is 0 Å². The first-order valence-corrected chi connectivity index (χ1v) is 10.5. The van der Waals surface area contributed by atoms with E-state index in [2.05, 4.69) is 42.3 Å². The van der Waals surface area contributed by atoms with Crippen molar-refractivity contribution in [2.45, 2.75) is 89.5 Å². The van der Waals surface area contributed by atoms with Gasteiger partial charge in [0.25, 0.3) is 0 Å². The molecule has 0 spiro atoms. The highest BCUT2D eigenvalue weighted by Gasteiger charge is 2.39. The van der Waals surface area contributed by atoms with E-state index in [1.165, 1.54) is 71.0 Å². The molecule has 0 radical (unpaired) electrons. The molecule has 3 atom stereocenters. The summed E-state index contributed by atoms with van der Waals surface area (Å²) in [5.41, 5.74) is 1.75. The molecule has 0 N–H and O–H groups in total. The molecule has 3 rings (SSSR count). The molecule has 3 aliphatic rings. The van der Waals surface area contributed by atoms with Gasteiger partial charge in [0, 0.05) is 34.5 Å². The summed E-state index contributed by atoms with van der Waals surface area (Å²) in [6.45, 7) is 10.7. The Labute approximate surface area is 141 Å². The van der Waals surface area contributed by atoms with E-state index in [-0.39, 0.29) is 0 Å². The maximum absolute atomic E-state index is 2.89. The summed E-state index contributed by atoms with van der Waals surface area (Å²) < 4.78 is 0. The number of fused-ring (bicyclic) bond motifs is 1. The van der Waals surface area contributed by atoms with Crippen molar-refractivity contribution >= 4 is 11.8 Å². The third kappa shape index (κ3) is 3.36. The van der Waals surface area contributed by atoms with Crippen LogP contribution in [-0.2, 0) is 0 Å². The van der Waals surface area contributed by atoms with Crippen LogP contribution in [-0.4, -0.2) is 46.8 Å². The zero-order valence-corrected chi connectivity index (χ0v) is 15.6. The van der Waals surface area contributed by atoms with Gasteiger partial charge in [-0.15, -0.1) is 11.8 Å².